The van der Waals surface area contributed by atoms with Crippen molar-refractivity contribution in [2.45, 2.75) is 0 Å². The molecule has 8 nitrogen and oxygen atoms in total. The standard InChI is InChI=1S/C13H9ClN6O2/c14-9-5-1-3-7-11(9)19-13(16-17-18-19)15-10-6-2-4-8-12(10)20(21)22/h1-8H,(H,15,16,18). The van der Waals surface area contributed by atoms with Gasteiger partial charge in [0.25, 0.3) is 11.6 Å². The molecule has 0 spiro atoms. The lowest BCUT2D eigenvalue weighted by atomic mass is 10.3. The fraction of sp³-hybridized carbons (Fsp3) is 0. The fourth-order valence-corrected chi connectivity index (χ4v) is 2.13. The minimum absolute atomic E-state index is 0.0730. The Hall–Kier alpha value is -3.00. The zero-order chi connectivity index (χ0) is 15.5. The number of nitro groups is 1. The van der Waals surface area contributed by atoms with Crippen LogP contribution in [0.4, 0.5) is 17.3 Å². The first-order valence-corrected chi connectivity index (χ1v) is 6.58. The van der Waals surface area contributed by atoms with Gasteiger partial charge in [0.15, 0.2) is 0 Å². The number of hydrogen-bond donors (Lipinski definition) is 1. The molecule has 0 aliphatic heterocycles. The second-order valence-corrected chi connectivity index (χ2v) is 4.67. The van der Waals surface area contributed by atoms with Crippen LogP contribution < -0.4 is 5.32 Å². The minimum atomic E-state index is -0.480. The topological polar surface area (TPSA) is 98.8 Å². The van der Waals surface area contributed by atoms with Crippen molar-refractivity contribution in [3.63, 3.8) is 0 Å². The van der Waals surface area contributed by atoms with Crippen LogP contribution in [0.15, 0.2) is 48.5 Å². The van der Waals surface area contributed by atoms with E-state index in [1.165, 1.54) is 10.7 Å². The van der Waals surface area contributed by atoms with Crippen LogP contribution in [-0.4, -0.2) is 25.1 Å². The maximum Gasteiger partial charge on any atom is 0.292 e. The van der Waals surface area contributed by atoms with Crippen molar-refractivity contribution >= 4 is 28.9 Å². The molecule has 22 heavy (non-hydrogen) atoms. The van der Waals surface area contributed by atoms with Gasteiger partial charge in [-0.15, -0.1) is 0 Å². The van der Waals surface area contributed by atoms with E-state index in [0.29, 0.717) is 10.7 Å². The van der Waals surface area contributed by atoms with E-state index in [4.69, 9.17) is 11.6 Å². The number of benzene rings is 2. The van der Waals surface area contributed by atoms with Gasteiger partial charge >= 0.3 is 0 Å². The maximum absolute atomic E-state index is 11.0. The normalized spacial score (nSPS) is 10.4. The summed E-state index contributed by atoms with van der Waals surface area (Å²) in [4.78, 5) is 10.6. The highest BCUT2D eigenvalue weighted by Crippen LogP contribution is 2.28. The predicted octanol–water partition coefficient (Wildman–Crippen LogP) is 2.97. The zero-order valence-corrected chi connectivity index (χ0v) is 11.8. The lowest BCUT2D eigenvalue weighted by Gasteiger charge is -2.08. The Morgan fingerprint density at radius 2 is 1.86 bits per heavy atom. The van der Waals surface area contributed by atoms with Crippen LogP contribution in [-0.2, 0) is 0 Å². The molecular weight excluding hydrogens is 308 g/mol. The van der Waals surface area contributed by atoms with Crippen molar-refractivity contribution in [3.8, 4) is 5.69 Å². The Morgan fingerprint density at radius 3 is 2.64 bits per heavy atom. The molecule has 1 heterocycles. The van der Waals surface area contributed by atoms with Crippen molar-refractivity contribution < 1.29 is 4.92 Å². The van der Waals surface area contributed by atoms with Crippen LogP contribution in [0.25, 0.3) is 5.69 Å². The number of nitrogens with zero attached hydrogens (tertiary/aromatic N) is 5. The molecule has 0 saturated carbocycles. The van der Waals surface area contributed by atoms with E-state index in [1.54, 1.807) is 42.5 Å². The smallest absolute Gasteiger partial charge is 0.292 e. The molecule has 3 aromatic rings. The van der Waals surface area contributed by atoms with Gasteiger partial charge in [0.1, 0.15) is 5.69 Å². The highest BCUT2D eigenvalue weighted by molar-refractivity contribution is 6.32. The highest BCUT2D eigenvalue weighted by atomic mass is 35.5. The second-order valence-electron chi connectivity index (χ2n) is 4.26. The van der Waals surface area contributed by atoms with E-state index in [-0.39, 0.29) is 17.3 Å². The van der Waals surface area contributed by atoms with Crippen LogP contribution in [0.2, 0.25) is 5.02 Å². The maximum atomic E-state index is 11.0. The summed E-state index contributed by atoms with van der Waals surface area (Å²) in [5.41, 5.74) is 0.780. The summed E-state index contributed by atoms with van der Waals surface area (Å²) in [5.74, 6) is 0.224. The fourth-order valence-electron chi connectivity index (χ4n) is 1.91. The number of tetrazole rings is 1. The van der Waals surface area contributed by atoms with E-state index in [0.717, 1.165) is 0 Å². The first-order valence-electron chi connectivity index (χ1n) is 6.20. The van der Waals surface area contributed by atoms with Gasteiger partial charge in [-0.05, 0) is 28.6 Å². The summed E-state index contributed by atoms with van der Waals surface area (Å²) >= 11 is 6.12. The number of anilines is 2. The molecule has 0 fully saturated rings. The van der Waals surface area contributed by atoms with E-state index >= 15 is 0 Å². The number of hydrogen-bond acceptors (Lipinski definition) is 6. The van der Waals surface area contributed by atoms with Crippen molar-refractivity contribution in [2.24, 2.45) is 0 Å². The molecule has 3 rings (SSSR count). The van der Waals surface area contributed by atoms with Gasteiger partial charge in [-0.3, -0.25) is 10.1 Å². The van der Waals surface area contributed by atoms with Gasteiger partial charge in [0, 0.05) is 6.07 Å². The first kappa shape index (κ1) is 14.0. The van der Waals surface area contributed by atoms with Gasteiger partial charge in [-0.1, -0.05) is 41.0 Å². The molecule has 110 valence electrons. The van der Waals surface area contributed by atoms with Crippen molar-refractivity contribution in [1.29, 1.82) is 0 Å². The Morgan fingerprint density at radius 1 is 1.14 bits per heavy atom. The van der Waals surface area contributed by atoms with Crippen LogP contribution >= 0.6 is 11.6 Å². The Balaban J connectivity index is 2.01. The number of aromatic nitrogens is 4. The SMILES string of the molecule is O=[N+]([O-])c1ccccc1Nc1nnnn1-c1ccccc1Cl. The van der Waals surface area contributed by atoms with Gasteiger partial charge < -0.3 is 5.32 Å². The third kappa shape index (κ3) is 2.59. The molecule has 1 N–H and O–H groups in total. The molecular formula is C13H9ClN6O2. The molecule has 0 atom stereocenters. The number of nitrogens with one attached hydrogen (secondary N) is 1. The Labute approximate surface area is 129 Å². The van der Waals surface area contributed by atoms with Gasteiger partial charge in [-0.2, -0.15) is 4.68 Å². The van der Waals surface area contributed by atoms with Crippen LogP contribution in [0.3, 0.4) is 0 Å². The monoisotopic (exact) mass is 316 g/mol. The summed E-state index contributed by atoms with van der Waals surface area (Å²) in [6.07, 6.45) is 0. The van der Waals surface area contributed by atoms with Gasteiger partial charge in [0.2, 0.25) is 0 Å². The molecule has 0 saturated heterocycles. The van der Waals surface area contributed by atoms with E-state index in [9.17, 15) is 10.1 Å². The number of nitro benzene ring substituents is 1. The summed E-state index contributed by atoms with van der Waals surface area (Å²) in [7, 11) is 0. The Bertz CT molecular complexity index is 835. The van der Waals surface area contributed by atoms with Crippen LogP contribution in [0.1, 0.15) is 0 Å². The molecule has 0 amide bonds. The predicted molar refractivity (Wildman–Crippen MR) is 80.5 cm³/mol. The largest absolute Gasteiger partial charge is 0.317 e. The molecule has 9 heteroatoms. The summed E-state index contributed by atoms with van der Waals surface area (Å²) in [6, 6.07) is 13.2. The average molecular weight is 317 g/mol. The summed E-state index contributed by atoms with van der Waals surface area (Å²) < 4.78 is 1.37. The van der Waals surface area contributed by atoms with E-state index < -0.39 is 4.92 Å². The Kier molecular flexibility index (Phi) is 3.67. The van der Waals surface area contributed by atoms with Gasteiger partial charge in [0.05, 0.1) is 15.6 Å². The summed E-state index contributed by atoms with van der Waals surface area (Å²) in [5, 5.41) is 25.6. The molecule has 0 unspecified atom stereocenters. The zero-order valence-electron chi connectivity index (χ0n) is 11.0. The number of para-hydroxylation sites is 3. The lowest BCUT2D eigenvalue weighted by molar-refractivity contribution is -0.383. The lowest BCUT2D eigenvalue weighted by Crippen LogP contribution is -2.05. The number of halogens is 1. The van der Waals surface area contributed by atoms with Crippen LogP contribution in [0, 0.1) is 10.1 Å². The molecule has 0 bridgehead atoms. The van der Waals surface area contributed by atoms with Crippen LogP contribution in [0.5, 0.6) is 0 Å². The molecule has 0 aliphatic rings. The molecule has 0 aliphatic carbocycles. The third-order valence-corrected chi connectivity index (χ3v) is 3.22. The average Bonchev–Trinajstić information content (AvgIpc) is 2.96. The summed E-state index contributed by atoms with van der Waals surface area (Å²) in [6.45, 7) is 0. The minimum Gasteiger partial charge on any atom is -0.317 e. The third-order valence-electron chi connectivity index (χ3n) is 2.90. The molecule has 2 aromatic carbocycles. The quantitative estimate of drug-likeness (QED) is 0.587. The number of rotatable bonds is 4. The van der Waals surface area contributed by atoms with Gasteiger partial charge in [-0.25, -0.2) is 0 Å². The van der Waals surface area contributed by atoms with E-state index in [2.05, 4.69) is 20.8 Å². The molecule has 1 aromatic heterocycles. The van der Waals surface area contributed by atoms with Crippen molar-refractivity contribution in [3.05, 3.63) is 63.7 Å². The van der Waals surface area contributed by atoms with E-state index in [1.807, 2.05) is 0 Å². The highest BCUT2D eigenvalue weighted by Gasteiger charge is 2.16. The van der Waals surface area contributed by atoms with Crippen molar-refractivity contribution in [1.82, 2.24) is 20.2 Å². The first-order chi connectivity index (χ1) is 10.7. The molecule has 0 radical (unpaired) electrons. The second kappa shape index (κ2) is 5.78. The van der Waals surface area contributed by atoms with Crippen molar-refractivity contribution in [2.75, 3.05) is 5.32 Å².